The van der Waals surface area contributed by atoms with Gasteiger partial charge in [0.05, 0.1) is 16.3 Å². The van der Waals surface area contributed by atoms with Crippen LogP contribution in [0.25, 0.3) is 10.2 Å². The van der Waals surface area contributed by atoms with Gasteiger partial charge in [0.15, 0.2) is 0 Å². The Morgan fingerprint density at radius 1 is 1.35 bits per heavy atom. The summed E-state index contributed by atoms with van der Waals surface area (Å²) in [6.45, 7) is 4.44. The van der Waals surface area contributed by atoms with Gasteiger partial charge in [-0.15, -0.1) is 11.3 Å². The van der Waals surface area contributed by atoms with Crippen LogP contribution in [0.15, 0.2) is 17.6 Å². The van der Waals surface area contributed by atoms with Crippen molar-refractivity contribution in [1.29, 1.82) is 0 Å². The van der Waals surface area contributed by atoms with Crippen LogP contribution in [-0.4, -0.2) is 11.1 Å². The van der Waals surface area contributed by atoms with E-state index >= 15 is 0 Å². The molecule has 3 heteroatoms. The van der Waals surface area contributed by atoms with E-state index in [9.17, 15) is 0 Å². The van der Waals surface area contributed by atoms with Gasteiger partial charge in [-0.1, -0.05) is 13.8 Å². The SMILES string of the molecule is CC(C)c1cc(OC2CCC2)c2ncsc2c1. The molecular weight excluding hydrogens is 230 g/mol. The summed E-state index contributed by atoms with van der Waals surface area (Å²) in [5.41, 5.74) is 4.28. The smallest absolute Gasteiger partial charge is 0.147 e. The number of hydrogen-bond donors (Lipinski definition) is 0. The van der Waals surface area contributed by atoms with E-state index in [4.69, 9.17) is 4.74 Å². The average Bonchev–Trinajstić information content (AvgIpc) is 2.70. The topological polar surface area (TPSA) is 22.1 Å². The number of benzene rings is 1. The first-order chi connectivity index (χ1) is 8.24. The van der Waals surface area contributed by atoms with Crippen molar-refractivity contribution in [3.8, 4) is 5.75 Å². The minimum atomic E-state index is 0.419. The highest BCUT2D eigenvalue weighted by Crippen LogP contribution is 2.35. The fourth-order valence-corrected chi connectivity index (χ4v) is 2.79. The maximum Gasteiger partial charge on any atom is 0.147 e. The van der Waals surface area contributed by atoms with E-state index < -0.39 is 0 Å². The van der Waals surface area contributed by atoms with Gasteiger partial charge in [-0.05, 0) is 42.9 Å². The van der Waals surface area contributed by atoms with Crippen LogP contribution in [0.5, 0.6) is 5.75 Å². The largest absolute Gasteiger partial charge is 0.488 e. The lowest BCUT2D eigenvalue weighted by Gasteiger charge is -2.26. The number of ether oxygens (including phenoxy) is 1. The molecule has 0 N–H and O–H groups in total. The van der Waals surface area contributed by atoms with Gasteiger partial charge in [0.2, 0.25) is 0 Å². The Kier molecular flexibility index (Phi) is 2.79. The monoisotopic (exact) mass is 247 g/mol. The zero-order valence-electron chi connectivity index (χ0n) is 10.3. The van der Waals surface area contributed by atoms with Crippen LogP contribution in [0.4, 0.5) is 0 Å². The molecule has 1 aromatic carbocycles. The molecule has 0 saturated heterocycles. The summed E-state index contributed by atoms with van der Waals surface area (Å²) >= 11 is 1.69. The second-order valence-corrected chi connectivity index (χ2v) is 5.93. The van der Waals surface area contributed by atoms with Crippen molar-refractivity contribution in [1.82, 2.24) is 4.98 Å². The normalized spacial score (nSPS) is 16.4. The van der Waals surface area contributed by atoms with E-state index in [1.165, 1.54) is 29.5 Å². The Balaban J connectivity index is 2.02. The van der Waals surface area contributed by atoms with E-state index in [1.807, 2.05) is 5.51 Å². The second kappa shape index (κ2) is 4.30. The Hall–Kier alpha value is -1.09. The Morgan fingerprint density at radius 3 is 2.82 bits per heavy atom. The molecule has 0 bridgehead atoms. The molecule has 1 aliphatic rings. The second-order valence-electron chi connectivity index (χ2n) is 5.04. The minimum Gasteiger partial charge on any atom is -0.488 e. The van der Waals surface area contributed by atoms with Crippen molar-refractivity contribution in [3.05, 3.63) is 23.2 Å². The molecule has 0 radical (unpaired) electrons. The first kappa shape index (κ1) is 11.0. The van der Waals surface area contributed by atoms with Crippen LogP contribution in [-0.2, 0) is 0 Å². The zero-order valence-corrected chi connectivity index (χ0v) is 11.1. The molecule has 0 spiro atoms. The number of hydrogen-bond acceptors (Lipinski definition) is 3. The van der Waals surface area contributed by atoms with Crippen molar-refractivity contribution in [3.63, 3.8) is 0 Å². The van der Waals surface area contributed by atoms with Gasteiger partial charge in [0.1, 0.15) is 11.3 Å². The van der Waals surface area contributed by atoms with Crippen molar-refractivity contribution in [2.24, 2.45) is 0 Å². The van der Waals surface area contributed by atoms with Crippen LogP contribution in [0.3, 0.4) is 0 Å². The van der Waals surface area contributed by atoms with Crippen molar-refractivity contribution >= 4 is 21.6 Å². The highest BCUT2D eigenvalue weighted by atomic mass is 32.1. The number of fused-ring (bicyclic) bond motifs is 1. The standard InChI is InChI=1S/C14H17NOS/c1-9(2)10-6-12(16-11-4-3-5-11)14-13(7-10)17-8-15-14/h6-9,11H,3-5H2,1-2H3. The third-order valence-corrected chi connectivity index (χ3v) is 4.21. The Morgan fingerprint density at radius 2 is 2.18 bits per heavy atom. The maximum atomic E-state index is 6.06. The number of nitrogens with zero attached hydrogens (tertiary/aromatic N) is 1. The highest BCUT2D eigenvalue weighted by molar-refractivity contribution is 7.16. The van der Waals surface area contributed by atoms with Gasteiger partial charge >= 0.3 is 0 Å². The Bertz CT molecular complexity index is 528. The third-order valence-electron chi connectivity index (χ3n) is 3.44. The lowest BCUT2D eigenvalue weighted by atomic mass is 9.96. The van der Waals surface area contributed by atoms with Gasteiger partial charge in [-0.3, -0.25) is 0 Å². The van der Waals surface area contributed by atoms with E-state index in [-0.39, 0.29) is 0 Å². The quantitative estimate of drug-likeness (QED) is 0.804. The predicted octanol–water partition coefficient (Wildman–Crippen LogP) is 4.35. The summed E-state index contributed by atoms with van der Waals surface area (Å²) < 4.78 is 7.30. The summed E-state index contributed by atoms with van der Waals surface area (Å²) in [6, 6.07) is 4.41. The number of thiazole rings is 1. The van der Waals surface area contributed by atoms with Crippen LogP contribution in [0, 0.1) is 0 Å². The van der Waals surface area contributed by atoms with Crippen molar-refractivity contribution < 1.29 is 4.74 Å². The lowest BCUT2D eigenvalue weighted by Crippen LogP contribution is -2.24. The highest BCUT2D eigenvalue weighted by Gasteiger charge is 2.21. The minimum absolute atomic E-state index is 0.419. The molecule has 2 nitrogen and oxygen atoms in total. The molecule has 0 aliphatic heterocycles. The van der Waals surface area contributed by atoms with Crippen LogP contribution >= 0.6 is 11.3 Å². The molecule has 1 fully saturated rings. The van der Waals surface area contributed by atoms with Gasteiger partial charge < -0.3 is 4.74 Å². The summed E-state index contributed by atoms with van der Waals surface area (Å²) in [5.74, 6) is 1.52. The number of aromatic nitrogens is 1. The van der Waals surface area contributed by atoms with Crippen LogP contribution in [0.1, 0.15) is 44.6 Å². The first-order valence-electron chi connectivity index (χ1n) is 6.28. The summed E-state index contributed by atoms with van der Waals surface area (Å²) in [4.78, 5) is 4.42. The zero-order chi connectivity index (χ0) is 11.8. The van der Waals surface area contributed by atoms with Crippen LogP contribution in [0.2, 0.25) is 0 Å². The molecule has 1 heterocycles. The van der Waals surface area contributed by atoms with Gasteiger partial charge in [0.25, 0.3) is 0 Å². The lowest BCUT2D eigenvalue weighted by molar-refractivity contribution is 0.122. The van der Waals surface area contributed by atoms with Gasteiger partial charge in [0, 0.05) is 0 Å². The maximum absolute atomic E-state index is 6.06. The molecule has 1 saturated carbocycles. The van der Waals surface area contributed by atoms with Gasteiger partial charge in [-0.2, -0.15) is 0 Å². The van der Waals surface area contributed by atoms with Gasteiger partial charge in [-0.25, -0.2) is 4.98 Å². The predicted molar refractivity (Wildman–Crippen MR) is 72.0 cm³/mol. The summed E-state index contributed by atoms with van der Waals surface area (Å²) in [7, 11) is 0. The fraction of sp³-hybridized carbons (Fsp3) is 0.500. The molecule has 2 aromatic rings. The van der Waals surface area contributed by atoms with Crippen LogP contribution < -0.4 is 4.74 Å². The van der Waals surface area contributed by atoms with Crippen molar-refractivity contribution in [2.45, 2.75) is 45.1 Å². The molecule has 90 valence electrons. The van der Waals surface area contributed by atoms with E-state index in [0.29, 0.717) is 12.0 Å². The molecule has 0 atom stereocenters. The Labute approximate surface area is 106 Å². The molecule has 1 aliphatic carbocycles. The van der Waals surface area contributed by atoms with E-state index in [2.05, 4.69) is 31.0 Å². The van der Waals surface area contributed by atoms with E-state index in [1.54, 1.807) is 11.3 Å². The third kappa shape index (κ3) is 2.04. The molecule has 0 unspecified atom stereocenters. The molecule has 17 heavy (non-hydrogen) atoms. The van der Waals surface area contributed by atoms with Crippen molar-refractivity contribution in [2.75, 3.05) is 0 Å². The molecule has 1 aromatic heterocycles. The van der Waals surface area contributed by atoms with E-state index in [0.717, 1.165) is 11.3 Å². The molecule has 3 rings (SSSR count). The first-order valence-corrected chi connectivity index (χ1v) is 7.16. The summed E-state index contributed by atoms with van der Waals surface area (Å²) in [5, 5.41) is 0. The molecule has 0 amide bonds. The average molecular weight is 247 g/mol. The fourth-order valence-electron chi connectivity index (χ4n) is 2.05. The number of rotatable bonds is 3. The molecular formula is C14H17NOS. The summed E-state index contributed by atoms with van der Waals surface area (Å²) in [6.07, 6.45) is 4.10.